The molecular formula is C30H74Br4Si10. The van der Waals surface area contributed by atoms with Gasteiger partial charge >= 0.3 is 0 Å². The van der Waals surface area contributed by atoms with Crippen molar-refractivity contribution < 1.29 is 0 Å². The van der Waals surface area contributed by atoms with Crippen LogP contribution in [0.1, 0.15) is 25.7 Å². The molecule has 0 spiro atoms. The molecular weight excluding hydrogens is 961 g/mol. The Bertz CT molecular complexity index is 996. The standard InChI is InChI=1S/C30H74Br4Si10/c1-35(2,3)27(36(4,5)6)23-25-29(39(13,14)15,43(27,31)32)41(19,20)42(21,22)30(40(16,17)18)26-24-28(37(7,8)9,38(10,11)12)44(30,33)34/h23-26H2,1-22H3/t29-,30-/m0/s1. The van der Waals surface area contributed by atoms with Gasteiger partial charge in [-0.25, -0.2) is 0 Å². The minimum Gasteiger partial charge on any atom is -0.111 e. The fourth-order valence-electron chi connectivity index (χ4n) is 13.8. The smallest absolute Gasteiger partial charge is 0.111 e. The Hall–Kier alpha value is 4.09. The Morgan fingerprint density at radius 3 is 0.545 bits per heavy atom. The van der Waals surface area contributed by atoms with Gasteiger partial charge in [-0.1, -0.05) is 170 Å². The molecule has 0 aromatic carbocycles. The minimum atomic E-state index is -2.13. The first-order valence-electron chi connectivity index (χ1n) is 17.4. The summed E-state index contributed by atoms with van der Waals surface area (Å²) < 4.78 is 2.12. The van der Waals surface area contributed by atoms with E-state index in [2.05, 4.69) is 144 Å². The van der Waals surface area contributed by atoms with E-state index < -0.39 is 74.3 Å². The molecule has 2 heterocycles. The monoisotopic (exact) mass is 1030 g/mol. The quantitative estimate of drug-likeness (QED) is 0.159. The molecule has 0 aromatic rings. The highest BCUT2D eigenvalue weighted by Crippen LogP contribution is 2.85. The summed E-state index contributed by atoms with van der Waals surface area (Å²) >= 11 is 20.2. The number of rotatable bonds is 9. The number of halogens is 4. The zero-order chi connectivity index (χ0) is 35.8. The molecule has 262 valence electrons. The Morgan fingerprint density at radius 2 is 0.432 bits per heavy atom. The lowest BCUT2D eigenvalue weighted by Crippen LogP contribution is -2.83. The summed E-state index contributed by atoms with van der Waals surface area (Å²) in [5.74, 6) is 0. The van der Waals surface area contributed by atoms with E-state index in [1.54, 1.807) is 0 Å². The molecule has 44 heavy (non-hydrogen) atoms. The molecule has 0 unspecified atom stereocenters. The first kappa shape index (κ1) is 44.3. The van der Waals surface area contributed by atoms with Gasteiger partial charge in [-0.3, -0.25) is 0 Å². The van der Waals surface area contributed by atoms with Crippen LogP contribution in [0.4, 0.5) is 0 Å². The molecule has 0 saturated carbocycles. The third-order valence-corrected chi connectivity index (χ3v) is 138. The van der Waals surface area contributed by atoms with Crippen molar-refractivity contribution in [2.45, 2.75) is 187 Å². The van der Waals surface area contributed by atoms with E-state index >= 15 is 0 Å². The van der Waals surface area contributed by atoms with E-state index in [0.717, 1.165) is 0 Å². The molecule has 2 rings (SSSR count). The molecule has 2 aliphatic heterocycles. The lowest BCUT2D eigenvalue weighted by Gasteiger charge is -2.71. The molecule has 2 fully saturated rings. The molecule has 14 heteroatoms. The maximum Gasteiger partial charge on any atom is 0.202 e. The van der Waals surface area contributed by atoms with Gasteiger partial charge in [-0.05, 0) is 17.1 Å². The maximum atomic E-state index is 5.05. The lowest BCUT2D eigenvalue weighted by atomic mass is 10.4. The molecule has 0 radical (unpaired) electrons. The average molecular weight is 1040 g/mol. The molecule has 0 aromatic heterocycles. The second kappa shape index (κ2) is 11.8. The van der Waals surface area contributed by atoms with E-state index in [-0.39, 0.29) is 0 Å². The van der Waals surface area contributed by atoms with E-state index in [1.807, 2.05) is 0 Å². The molecule has 0 nitrogen and oxygen atoms in total. The van der Waals surface area contributed by atoms with Gasteiger partial charge in [0.25, 0.3) is 0 Å². The Balaban J connectivity index is 3.23. The van der Waals surface area contributed by atoms with Crippen LogP contribution in [0.25, 0.3) is 0 Å². The van der Waals surface area contributed by atoms with E-state index in [0.29, 0.717) is 17.1 Å². The summed E-state index contributed by atoms with van der Waals surface area (Å²) in [5.41, 5.74) is 0. The van der Waals surface area contributed by atoms with Crippen molar-refractivity contribution in [2.24, 2.45) is 0 Å². The fraction of sp³-hybridized carbons (Fsp3) is 1.00. The number of hydrogen-bond acceptors (Lipinski definition) is 0. The molecule has 0 aliphatic carbocycles. The third-order valence-electron chi connectivity index (χ3n) is 15.3. The van der Waals surface area contributed by atoms with Gasteiger partial charge in [0.2, 0.25) is 10.6 Å². The third kappa shape index (κ3) is 5.13. The van der Waals surface area contributed by atoms with Crippen LogP contribution < -0.4 is 0 Å². The Morgan fingerprint density at radius 1 is 0.295 bits per heavy atom. The highest BCUT2D eigenvalue weighted by atomic mass is 79.9. The lowest BCUT2D eigenvalue weighted by molar-refractivity contribution is 0.755. The highest BCUT2D eigenvalue weighted by molar-refractivity contribution is 9.52. The first-order chi connectivity index (χ1) is 18.7. The first-order valence-corrected chi connectivity index (χ1v) is 58.4. The summed E-state index contributed by atoms with van der Waals surface area (Å²) in [7, 11) is -13.4. The van der Waals surface area contributed by atoms with Crippen molar-refractivity contribution in [1.29, 1.82) is 0 Å². The number of hydrogen-bond donors (Lipinski definition) is 0. The van der Waals surface area contributed by atoms with Gasteiger partial charge in [-0.15, -0.1) is 61.2 Å². The van der Waals surface area contributed by atoms with Crippen LogP contribution in [0.2, 0.25) is 161 Å². The van der Waals surface area contributed by atoms with Crippen molar-refractivity contribution in [1.82, 2.24) is 0 Å². The molecule has 0 bridgehead atoms. The summed E-state index contributed by atoms with van der Waals surface area (Å²) in [6.45, 7) is 62.3. The molecule has 2 atom stereocenters. The van der Waals surface area contributed by atoms with E-state index in [4.69, 9.17) is 61.2 Å². The van der Waals surface area contributed by atoms with E-state index in [9.17, 15) is 0 Å². The van der Waals surface area contributed by atoms with Gasteiger partial charge in [0.15, 0.2) is 0 Å². The minimum absolute atomic E-state index is 0.518. The zero-order valence-electron chi connectivity index (χ0n) is 33.3. The molecule has 2 aliphatic rings. The van der Waals surface area contributed by atoms with Crippen LogP contribution in [0.5, 0.6) is 0 Å². The van der Waals surface area contributed by atoms with Crippen LogP contribution in [0.15, 0.2) is 0 Å². The summed E-state index contributed by atoms with van der Waals surface area (Å²) in [4.78, 5) is 0. The average Bonchev–Trinajstić information content (AvgIpc) is 3.12. The van der Waals surface area contributed by atoms with Gasteiger partial charge < -0.3 is 0 Å². The van der Waals surface area contributed by atoms with Crippen molar-refractivity contribution in [3.8, 4) is 0 Å². The van der Waals surface area contributed by atoms with Crippen molar-refractivity contribution in [2.75, 3.05) is 0 Å². The second-order valence-electron chi connectivity index (χ2n) is 22.5. The Kier molecular flexibility index (Phi) is 11.9. The summed E-state index contributed by atoms with van der Waals surface area (Å²) in [6.07, 6.45) is 5.99. The molecule has 0 N–H and O–H groups in total. The predicted molar refractivity (Wildman–Crippen MR) is 251 cm³/mol. The zero-order valence-corrected chi connectivity index (χ0v) is 49.7. The summed E-state index contributed by atoms with van der Waals surface area (Å²) in [6, 6.07) is 0. The Labute approximate surface area is 318 Å². The predicted octanol–water partition coefficient (Wildman–Crippen LogP) is 14.8. The van der Waals surface area contributed by atoms with Gasteiger partial charge in [0.1, 0.15) is 0 Å². The van der Waals surface area contributed by atoms with Crippen LogP contribution in [-0.2, 0) is 0 Å². The molecule has 2 saturated heterocycles. The highest BCUT2D eigenvalue weighted by Gasteiger charge is 2.87. The summed E-state index contributed by atoms with van der Waals surface area (Å²) in [5, 5.41) is -4.25. The largest absolute Gasteiger partial charge is 0.202 e. The SMILES string of the molecule is C[Si](C)(C)C1([Si](C)(C)C)CC[C@]([Si](C)(C)C)([Si](C)(C)[Si](C)(C)[C@@]2([Si](C)(C)C)CCC([Si](C)(C)C)([Si](C)(C)C)[Si]2(Br)Br)[Si]1(Br)Br. The van der Waals surface area contributed by atoms with E-state index in [1.165, 1.54) is 25.7 Å². The van der Waals surface area contributed by atoms with Crippen molar-refractivity contribution >= 4 is 135 Å². The van der Waals surface area contributed by atoms with Gasteiger partial charge in [-0.2, -0.15) is 0 Å². The van der Waals surface area contributed by atoms with Gasteiger partial charge in [0.05, 0.1) is 0 Å². The topological polar surface area (TPSA) is 0 Å². The van der Waals surface area contributed by atoms with Gasteiger partial charge in [0, 0.05) is 63.6 Å². The second-order valence-corrected chi connectivity index (χ2v) is 103. The fourth-order valence-corrected chi connectivity index (χ4v) is 218. The normalized spacial score (nSPS) is 30.1. The maximum absolute atomic E-state index is 5.05. The van der Waals surface area contributed by atoms with Crippen molar-refractivity contribution in [3.63, 3.8) is 0 Å². The van der Waals surface area contributed by atoms with Crippen LogP contribution >= 0.6 is 61.2 Å². The molecule has 0 amide bonds. The van der Waals surface area contributed by atoms with Crippen molar-refractivity contribution in [3.05, 3.63) is 0 Å². The van der Waals surface area contributed by atoms with Crippen LogP contribution in [0, 0.1) is 0 Å². The van der Waals surface area contributed by atoms with Crippen LogP contribution in [0.3, 0.4) is 0 Å². The van der Waals surface area contributed by atoms with Crippen LogP contribution in [-0.4, -0.2) is 74.3 Å².